The van der Waals surface area contributed by atoms with Crippen LogP contribution in [0.5, 0.6) is 0 Å². The molecule has 3 N–H and O–H groups in total. The number of fused-ring (bicyclic) bond motifs is 6. The Morgan fingerprint density at radius 1 is 1.12 bits per heavy atom. The van der Waals surface area contributed by atoms with E-state index in [4.69, 9.17) is 19.5 Å². The van der Waals surface area contributed by atoms with Crippen LogP contribution in [0.15, 0.2) is 46.2 Å². The SMILES string of the molecule is C=C=C(/C=N\C(=C\c1c2c3cc(c(F)cc3n1CC(F)(F)F)-c1csc(n1)C[C@H](NC(=O)[C@H](C(C)C)N1CC[C@@]3(CCNC3)C1=O)C(=O)N1CCC[C@H](N1)C(=O)OCC(C)(C)C2)[C@H](C)OC)N1CCN(C)CC1. The number of aliphatic imine (C=N–C) groups is 1. The number of cyclic esters (lactones) is 1. The van der Waals surface area contributed by atoms with Gasteiger partial charge in [-0.15, -0.1) is 17.1 Å². The molecule has 0 radical (unpaired) electrons. The van der Waals surface area contributed by atoms with Gasteiger partial charge in [0.1, 0.15) is 30.5 Å². The van der Waals surface area contributed by atoms with E-state index in [2.05, 4.69) is 38.2 Å². The Morgan fingerprint density at radius 2 is 1.88 bits per heavy atom. The van der Waals surface area contributed by atoms with Crippen LogP contribution in [0.3, 0.4) is 0 Å². The van der Waals surface area contributed by atoms with Gasteiger partial charge in [-0.1, -0.05) is 34.3 Å². The molecule has 5 aliphatic rings. The van der Waals surface area contributed by atoms with Gasteiger partial charge in [0.05, 0.1) is 52.0 Å². The number of nitrogens with zero attached hydrogens (tertiary/aromatic N) is 7. The van der Waals surface area contributed by atoms with Gasteiger partial charge in [0, 0.05) is 86.8 Å². The summed E-state index contributed by atoms with van der Waals surface area (Å²) < 4.78 is 74.0. The third kappa shape index (κ3) is 11.8. The Bertz CT molecular complexity index is 2690. The number of carbonyl (C=O) groups excluding carboxylic acids is 4. The second-order valence-electron chi connectivity index (χ2n) is 21.3. The molecule has 1 spiro atoms. The number of amides is 3. The average molecular weight is 1040 g/mol. The van der Waals surface area contributed by atoms with Crippen LogP contribution in [0.2, 0.25) is 0 Å². The van der Waals surface area contributed by atoms with E-state index >= 15 is 4.39 Å². The van der Waals surface area contributed by atoms with Crippen LogP contribution in [0.25, 0.3) is 28.2 Å². The van der Waals surface area contributed by atoms with Gasteiger partial charge in [-0.25, -0.2) is 14.8 Å². The molecule has 7 heterocycles. The van der Waals surface area contributed by atoms with Crippen molar-refractivity contribution < 1.29 is 46.2 Å². The van der Waals surface area contributed by atoms with E-state index in [0.29, 0.717) is 80.1 Å². The van der Waals surface area contributed by atoms with Crippen LogP contribution in [-0.4, -0.2) is 163 Å². The van der Waals surface area contributed by atoms with E-state index in [9.17, 15) is 32.3 Å². The molecule has 21 heteroatoms. The molecule has 0 saturated carbocycles. The highest BCUT2D eigenvalue weighted by atomic mass is 32.1. The molecule has 73 heavy (non-hydrogen) atoms. The number of esters is 1. The summed E-state index contributed by atoms with van der Waals surface area (Å²) in [6.07, 6.45) is -0.342. The topological polar surface area (TPSA) is 166 Å². The van der Waals surface area contributed by atoms with Gasteiger partial charge in [-0.05, 0) is 82.3 Å². The largest absolute Gasteiger partial charge is 0.464 e. The van der Waals surface area contributed by atoms with Crippen molar-refractivity contribution in [2.24, 2.45) is 21.7 Å². The standard InChI is InChI=1S/C52H68F4N10O6S/c1-9-33(63-19-17-62(7)18-20-63)26-58-39(32(4)71-8)23-43-36-25-50(5,6)30-72-48(69)38-11-10-15-66(61-38)47(68)40(60-46(67)45(31(2)3)64-16-13-51(49(64)70)12-14-57-28-51)24-44-59-41(27-73-44)35-21-34(36)42(22-37(35)53)65(43)29-52(54,55)56/h21-23,26-27,31-32,38,40,45,57,61H,1,10-20,24-25,28-30H2,2-8H3,(H,60,67)/b39-23+,58-26-/t32-,38-,40-,45-,51+/m0/s1. The number of halogens is 4. The van der Waals surface area contributed by atoms with Crippen molar-refractivity contribution in [1.82, 2.24) is 45.3 Å². The maximum absolute atomic E-state index is 16.8. The van der Waals surface area contributed by atoms with Gasteiger partial charge < -0.3 is 39.4 Å². The minimum absolute atomic E-state index is 0.00734. The van der Waals surface area contributed by atoms with Crippen molar-refractivity contribution in [1.29, 1.82) is 0 Å². The highest BCUT2D eigenvalue weighted by Gasteiger charge is 2.52. The molecule has 3 aromatic rings. The fourth-order valence-electron chi connectivity index (χ4n) is 10.7. The molecule has 6 bridgehead atoms. The summed E-state index contributed by atoms with van der Waals surface area (Å²) in [4.78, 5) is 72.6. The smallest absolute Gasteiger partial charge is 0.406 e. The second-order valence-corrected chi connectivity index (χ2v) is 22.2. The Labute approximate surface area is 427 Å². The Balaban J connectivity index is 1.23. The van der Waals surface area contributed by atoms with Crippen LogP contribution < -0.4 is 16.1 Å². The number of nitrogens with one attached hydrogen (secondary N) is 3. The molecular formula is C52H68F4N10O6S. The minimum Gasteiger partial charge on any atom is -0.464 e. The van der Waals surface area contributed by atoms with E-state index in [1.54, 1.807) is 29.5 Å². The zero-order valence-corrected chi connectivity index (χ0v) is 43.6. The van der Waals surface area contributed by atoms with Crippen LogP contribution >= 0.6 is 11.3 Å². The van der Waals surface area contributed by atoms with Crippen molar-refractivity contribution in [2.75, 3.05) is 73.1 Å². The second kappa shape index (κ2) is 21.8. The summed E-state index contributed by atoms with van der Waals surface area (Å²) in [5, 5.41) is 9.85. The summed E-state index contributed by atoms with van der Waals surface area (Å²) in [5.41, 5.74) is 6.09. The number of hydrogen-bond donors (Lipinski definition) is 3. The van der Waals surface area contributed by atoms with Gasteiger partial charge in [0.25, 0.3) is 5.91 Å². The Hall–Kier alpha value is -5.44. The average Bonchev–Trinajstić information content (AvgIpc) is 4.14. The minimum atomic E-state index is -4.74. The Morgan fingerprint density at radius 3 is 2.55 bits per heavy atom. The molecule has 5 atom stereocenters. The van der Waals surface area contributed by atoms with Crippen molar-refractivity contribution in [3.05, 3.63) is 63.3 Å². The lowest BCUT2D eigenvalue weighted by Crippen LogP contribution is -2.62. The molecular weight excluding hydrogens is 969 g/mol. The first kappa shape index (κ1) is 53.8. The highest BCUT2D eigenvalue weighted by Crippen LogP contribution is 2.41. The Kier molecular flexibility index (Phi) is 16.1. The molecule has 2 aromatic heterocycles. The van der Waals surface area contributed by atoms with E-state index in [-0.39, 0.29) is 66.0 Å². The van der Waals surface area contributed by atoms with Crippen LogP contribution in [0.1, 0.15) is 76.6 Å². The zero-order chi connectivity index (χ0) is 52.6. The summed E-state index contributed by atoms with van der Waals surface area (Å²) in [7, 11) is 3.50. The van der Waals surface area contributed by atoms with Gasteiger partial charge in [0.15, 0.2) is 0 Å². The number of ether oxygens (including phenoxy) is 2. The van der Waals surface area contributed by atoms with E-state index in [0.717, 1.165) is 35.1 Å². The third-order valence-corrected chi connectivity index (χ3v) is 15.8. The third-order valence-electron chi connectivity index (χ3n) is 14.9. The number of methoxy groups -OCH3 is 1. The summed E-state index contributed by atoms with van der Waals surface area (Å²) in [6, 6.07) is -0.473. The van der Waals surface area contributed by atoms with Crippen molar-refractivity contribution in [3.63, 3.8) is 0 Å². The number of piperazine rings is 1. The van der Waals surface area contributed by atoms with Crippen LogP contribution in [-0.2, 0) is 48.0 Å². The fraction of sp³-hybridized carbons (Fsp3) is 0.596. The van der Waals surface area contributed by atoms with Gasteiger partial charge >= 0.3 is 12.1 Å². The van der Waals surface area contributed by atoms with Gasteiger partial charge in [-0.2, -0.15) is 13.2 Å². The lowest BCUT2D eigenvalue weighted by molar-refractivity contribution is -0.155. The molecule has 5 aliphatic heterocycles. The number of thiazole rings is 1. The molecule has 0 unspecified atom stereocenters. The summed E-state index contributed by atoms with van der Waals surface area (Å²) in [6.45, 7) is 16.2. The first-order valence-electron chi connectivity index (χ1n) is 25.2. The summed E-state index contributed by atoms with van der Waals surface area (Å²) in [5.74, 6) is -2.93. The van der Waals surface area contributed by atoms with Crippen molar-refractivity contribution >= 4 is 58.2 Å². The maximum Gasteiger partial charge on any atom is 0.406 e. The normalized spacial score (nSPS) is 24.4. The lowest BCUT2D eigenvalue weighted by atomic mass is 9.85. The number of rotatable bonds is 11. The molecule has 4 saturated heterocycles. The van der Waals surface area contributed by atoms with E-state index in [1.165, 1.54) is 18.2 Å². The highest BCUT2D eigenvalue weighted by molar-refractivity contribution is 7.10. The zero-order valence-electron chi connectivity index (χ0n) is 42.8. The first-order valence-corrected chi connectivity index (χ1v) is 26.0. The fourth-order valence-corrected chi connectivity index (χ4v) is 11.6. The van der Waals surface area contributed by atoms with E-state index in [1.807, 2.05) is 34.7 Å². The summed E-state index contributed by atoms with van der Waals surface area (Å²) >= 11 is 1.13. The number of benzene rings is 1. The molecule has 1 aromatic carbocycles. The number of aromatic nitrogens is 2. The van der Waals surface area contributed by atoms with Gasteiger partial charge in [0.2, 0.25) is 11.8 Å². The predicted octanol–water partition coefficient (Wildman–Crippen LogP) is 5.71. The number of alkyl halides is 3. The predicted molar refractivity (Wildman–Crippen MR) is 271 cm³/mol. The molecule has 8 rings (SSSR count). The van der Waals surface area contributed by atoms with Crippen LogP contribution in [0.4, 0.5) is 17.6 Å². The van der Waals surface area contributed by atoms with Gasteiger partial charge in [-0.3, -0.25) is 29.2 Å². The quantitative estimate of drug-likeness (QED) is 0.0933. The number of hydrazine groups is 1. The van der Waals surface area contributed by atoms with Crippen molar-refractivity contribution in [2.45, 2.75) is 110 Å². The molecule has 16 nitrogen and oxygen atoms in total. The molecule has 396 valence electrons. The van der Waals surface area contributed by atoms with E-state index < -0.39 is 71.4 Å². The van der Waals surface area contributed by atoms with Crippen molar-refractivity contribution in [3.8, 4) is 11.3 Å². The number of allylic oxidation sites excluding steroid dienone is 1. The lowest BCUT2D eigenvalue weighted by Gasteiger charge is -2.36. The maximum atomic E-state index is 16.8. The molecule has 4 fully saturated rings. The molecule has 3 amide bonds. The number of likely N-dealkylation sites (tertiary alicyclic amines) is 1. The monoisotopic (exact) mass is 1040 g/mol. The van der Waals surface area contributed by atoms with Crippen LogP contribution in [0, 0.1) is 22.6 Å². The number of carbonyl (C=O) groups is 4. The number of likely N-dealkylation sites (N-methyl/N-ethyl adjacent to an activating group) is 1. The molecule has 0 aliphatic carbocycles. The number of hydrogen-bond acceptors (Lipinski definition) is 13. The first-order chi connectivity index (χ1) is 34.6.